The number of nitrogens with one attached hydrogen (secondary N) is 1. The third-order valence-corrected chi connectivity index (χ3v) is 4.95. The SMILES string of the molecule is CCCCCCCCCCCCCCCCNc1ccc(C#N)c(F)c1. The van der Waals surface area contributed by atoms with Crippen LogP contribution in [0.3, 0.4) is 0 Å². The summed E-state index contributed by atoms with van der Waals surface area (Å²) in [6, 6.07) is 6.55. The van der Waals surface area contributed by atoms with Gasteiger partial charge in [-0.05, 0) is 24.6 Å². The molecule has 26 heavy (non-hydrogen) atoms. The molecule has 0 radical (unpaired) electrons. The van der Waals surface area contributed by atoms with Gasteiger partial charge in [-0.3, -0.25) is 0 Å². The first-order valence-electron chi connectivity index (χ1n) is 10.7. The van der Waals surface area contributed by atoms with E-state index in [4.69, 9.17) is 5.26 Å². The lowest BCUT2D eigenvalue weighted by molar-refractivity contribution is 0.537. The minimum absolute atomic E-state index is 0.104. The first-order chi connectivity index (χ1) is 12.8. The molecule has 1 aromatic carbocycles. The van der Waals surface area contributed by atoms with Crippen molar-refractivity contribution in [2.45, 2.75) is 96.8 Å². The van der Waals surface area contributed by atoms with Crippen molar-refractivity contribution in [3.8, 4) is 6.07 Å². The zero-order chi connectivity index (χ0) is 18.9. The zero-order valence-corrected chi connectivity index (χ0v) is 16.7. The van der Waals surface area contributed by atoms with Crippen LogP contribution in [-0.4, -0.2) is 6.54 Å². The van der Waals surface area contributed by atoms with Crippen molar-refractivity contribution >= 4 is 5.69 Å². The van der Waals surface area contributed by atoms with Gasteiger partial charge >= 0.3 is 0 Å². The summed E-state index contributed by atoms with van der Waals surface area (Å²) in [5.74, 6) is -0.446. The lowest BCUT2D eigenvalue weighted by Gasteiger charge is -2.07. The zero-order valence-electron chi connectivity index (χ0n) is 16.7. The number of hydrogen-bond donors (Lipinski definition) is 1. The van der Waals surface area contributed by atoms with E-state index in [-0.39, 0.29) is 5.56 Å². The van der Waals surface area contributed by atoms with Crippen molar-refractivity contribution in [2.24, 2.45) is 0 Å². The highest BCUT2D eigenvalue weighted by molar-refractivity contribution is 5.47. The molecular formula is C23H37FN2. The minimum atomic E-state index is -0.446. The first kappa shape index (κ1) is 22.5. The molecule has 0 saturated carbocycles. The second kappa shape index (κ2) is 15.7. The standard InChI is InChI=1S/C23H37FN2/c1-2-3-4-5-6-7-8-9-10-11-12-13-14-15-18-26-22-17-16-21(20-25)23(24)19-22/h16-17,19,26H,2-15,18H2,1H3. The maximum Gasteiger partial charge on any atom is 0.143 e. The molecule has 0 atom stereocenters. The highest BCUT2D eigenvalue weighted by Crippen LogP contribution is 2.15. The van der Waals surface area contributed by atoms with E-state index in [1.165, 1.54) is 95.6 Å². The molecule has 1 aromatic rings. The number of nitrogens with zero attached hydrogens (tertiary/aromatic N) is 1. The van der Waals surface area contributed by atoms with Crippen LogP contribution in [0.25, 0.3) is 0 Å². The molecule has 2 nitrogen and oxygen atoms in total. The fraction of sp³-hybridized carbons (Fsp3) is 0.696. The Labute approximate surface area is 160 Å². The summed E-state index contributed by atoms with van der Waals surface area (Å²) in [7, 11) is 0. The Balaban J connectivity index is 1.85. The highest BCUT2D eigenvalue weighted by atomic mass is 19.1. The van der Waals surface area contributed by atoms with Crippen LogP contribution in [0.15, 0.2) is 18.2 Å². The fourth-order valence-electron chi connectivity index (χ4n) is 3.27. The number of halogens is 1. The van der Waals surface area contributed by atoms with Crippen LogP contribution in [0.1, 0.15) is 102 Å². The Morgan fingerprint density at radius 1 is 0.808 bits per heavy atom. The lowest BCUT2D eigenvalue weighted by Crippen LogP contribution is -2.02. The van der Waals surface area contributed by atoms with Gasteiger partial charge in [-0.2, -0.15) is 5.26 Å². The van der Waals surface area contributed by atoms with E-state index >= 15 is 0 Å². The second-order valence-corrected chi connectivity index (χ2v) is 7.33. The summed E-state index contributed by atoms with van der Waals surface area (Å²) in [6.07, 6.45) is 19.0. The summed E-state index contributed by atoms with van der Waals surface area (Å²) in [6.45, 7) is 3.14. The van der Waals surface area contributed by atoms with Gasteiger partial charge in [-0.1, -0.05) is 90.4 Å². The molecule has 0 bridgehead atoms. The molecule has 0 aliphatic rings. The van der Waals surface area contributed by atoms with Gasteiger partial charge in [-0.25, -0.2) is 4.39 Å². The predicted molar refractivity (Wildman–Crippen MR) is 110 cm³/mol. The van der Waals surface area contributed by atoms with E-state index in [1.807, 2.05) is 6.07 Å². The second-order valence-electron chi connectivity index (χ2n) is 7.33. The summed E-state index contributed by atoms with van der Waals surface area (Å²) in [4.78, 5) is 0. The molecule has 0 amide bonds. The highest BCUT2D eigenvalue weighted by Gasteiger charge is 2.02. The van der Waals surface area contributed by atoms with Crippen LogP contribution in [0.2, 0.25) is 0 Å². The van der Waals surface area contributed by atoms with Gasteiger partial charge in [0.15, 0.2) is 0 Å². The van der Waals surface area contributed by atoms with E-state index in [2.05, 4.69) is 12.2 Å². The Morgan fingerprint density at radius 3 is 1.77 bits per heavy atom. The third-order valence-electron chi connectivity index (χ3n) is 4.95. The van der Waals surface area contributed by atoms with Gasteiger partial charge in [0, 0.05) is 12.2 Å². The van der Waals surface area contributed by atoms with E-state index in [0.29, 0.717) is 0 Å². The van der Waals surface area contributed by atoms with Crippen molar-refractivity contribution in [2.75, 3.05) is 11.9 Å². The van der Waals surface area contributed by atoms with Gasteiger partial charge in [0.25, 0.3) is 0 Å². The number of hydrogen-bond acceptors (Lipinski definition) is 2. The molecular weight excluding hydrogens is 323 g/mol. The maximum atomic E-state index is 13.5. The van der Waals surface area contributed by atoms with Crippen molar-refractivity contribution in [1.82, 2.24) is 0 Å². The number of anilines is 1. The van der Waals surface area contributed by atoms with E-state index in [9.17, 15) is 4.39 Å². The normalized spacial score (nSPS) is 10.7. The topological polar surface area (TPSA) is 35.8 Å². The first-order valence-corrected chi connectivity index (χ1v) is 10.7. The molecule has 0 heterocycles. The molecule has 0 aliphatic carbocycles. The summed E-state index contributed by atoms with van der Waals surface area (Å²) in [5.41, 5.74) is 0.864. The fourth-order valence-corrected chi connectivity index (χ4v) is 3.27. The predicted octanol–water partition coefficient (Wildman–Crippen LogP) is 7.59. The van der Waals surface area contributed by atoms with Gasteiger partial charge < -0.3 is 5.32 Å². The molecule has 1 N–H and O–H groups in total. The Bertz CT molecular complexity index is 507. The smallest absolute Gasteiger partial charge is 0.143 e. The number of nitriles is 1. The van der Waals surface area contributed by atoms with Gasteiger partial charge in [-0.15, -0.1) is 0 Å². The van der Waals surface area contributed by atoms with Crippen LogP contribution in [0.4, 0.5) is 10.1 Å². The van der Waals surface area contributed by atoms with Gasteiger partial charge in [0.2, 0.25) is 0 Å². The van der Waals surface area contributed by atoms with Gasteiger partial charge in [0.1, 0.15) is 11.9 Å². The summed E-state index contributed by atoms with van der Waals surface area (Å²) >= 11 is 0. The Morgan fingerprint density at radius 2 is 1.31 bits per heavy atom. The van der Waals surface area contributed by atoms with Crippen LogP contribution in [0.5, 0.6) is 0 Å². The van der Waals surface area contributed by atoms with E-state index < -0.39 is 5.82 Å². The van der Waals surface area contributed by atoms with Crippen molar-refractivity contribution < 1.29 is 4.39 Å². The molecule has 0 aromatic heterocycles. The quantitative estimate of drug-likeness (QED) is 0.308. The summed E-state index contributed by atoms with van der Waals surface area (Å²) < 4.78 is 13.5. The van der Waals surface area contributed by atoms with Gasteiger partial charge in [0.05, 0.1) is 5.56 Å². The molecule has 0 saturated heterocycles. The molecule has 146 valence electrons. The van der Waals surface area contributed by atoms with Crippen LogP contribution >= 0.6 is 0 Å². The summed E-state index contributed by atoms with van der Waals surface area (Å²) in [5, 5.41) is 11.9. The molecule has 3 heteroatoms. The molecule has 0 unspecified atom stereocenters. The van der Waals surface area contributed by atoms with Crippen LogP contribution < -0.4 is 5.32 Å². The Hall–Kier alpha value is -1.56. The minimum Gasteiger partial charge on any atom is -0.385 e. The third kappa shape index (κ3) is 11.1. The number of benzene rings is 1. The lowest BCUT2D eigenvalue weighted by atomic mass is 10.0. The molecule has 0 aliphatic heterocycles. The largest absolute Gasteiger partial charge is 0.385 e. The van der Waals surface area contributed by atoms with Crippen molar-refractivity contribution in [3.05, 3.63) is 29.6 Å². The van der Waals surface area contributed by atoms with E-state index in [0.717, 1.165) is 18.7 Å². The number of unbranched alkanes of at least 4 members (excludes halogenated alkanes) is 13. The van der Waals surface area contributed by atoms with Crippen molar-refractivity contribution in [1.29, 1.82) is 5.26 Å². The number of rotatable bonds is 16. The Kier molecular flexibility index (Phi) is 13.6. The average Bonchev–Trinajstić information content (AvgIpc) is 2.65. The van der Waals surface area contributed by atoms with Crippen LogP contribution in [-0.2, 0) is 0 Å². The van der Waals surface area contributed by atoms with Crippen LogP contribution in [0, 0.1) is 17.1 Å². The molecule has 0 spiro atoms. The monoisotopic (exact) mass is 360 g/mol. The van der Waals surface area contributed by atoms with E-state index in [1.54, 1.807) is 6.07 Å². The average molecular weight is 361 g/mol. The molecule has 1 rings (SSSR count). The van der Waals surface area contributed by atoms with Crippen molar-refractivity contribution in [3.63, 3.8) is 0 Å². The molecule has 0 fully saturated rings. The maximum absolute atomic E-state index is 13.5.